The molecule has 8 heterocycles. The van der Waals surface area contributed by atoms with Gasteiger partial charge in [-0.3, -0.25) is 43.5 Å². The van der Waals surface area contributed by atoms with Crippen LogP contribution in [0.5, 0.6) is 5.75 Å². The number of hydrogen-bond acceptors (Lipinski definition) is 11. The van der Waals surface area contributed by atoms with Gasteiger partial charge < -0.3 is 24.8 Å². The summed E-state index contributed by atoms with van der Waals surface area (Å²) in [6.45, 7) is 8.80. The molecule has 2 atom stereocenters. The Labute approximate surface area is 410 Å². The maximum absolute atomic E-state index is 16.2. The monoisotopic (exact) mass is 967 g/mol. The normalized spacial score (nSPS) is 18.5. The molecule has 0 bridgehead atoms. The summed E-state index contributed by atoms with van der Waals surface area (Å²) < 4.78 is 43.1. The SMILES string of the molecule is CNc1ccn(-c2ccnc3c2cc([C@H](C)N2CC=C(c4c(C)cc(C(=O)N5CCn6nc(CN7CCC(c8cc(OC)c(NC9CCC(=O)NC9=O)cc8F)CC7)cc6C5)cc4F)CC2)n3C)c(=O)c1. The molecule has 71 heavy (non-hydrogen) atoms. The predicted molar refractivity (Wildman–Crippen MR) is 267 cm³/mol. The molecule has 16 nitrogen and oxygen atoms in total. The van der Waals surface area contributed by atoms with E-state index in [1.807, 2.05) is 42.9 Å². The summed E-state index contributed by atoms with van der Waals surface area (Å²) in [5.74, 6) is -1.31. The van der Waals surface area contributed by atoms with Crippen molar-refractivity contribution in [2.24, 2.45) is 7.05 Å². The van der Waals surface area contributed by atoms with Crippen molar-refractivity contribution in [1.82, 2.24) is 43.9 Å². The summed E-state index contributed by atoms with van der Waals surface area (Å²) in [5.41, 5.74) is 8.50. The number of imide groups is 1. The maximum Gasteiger partial charge on any atom is 0.257 e. The molecule has 1 unspecified atom stereocenters. The molecule has 0 saturated carbocycles. The number of carbonyl (C=O) groups is 3. The van der Waals surface area contributed by atoms with Crippen LogP contribution in [0.1, 0.15) is 95.1 Å². The Morgan fingerprint density at radius 2 is 1.77 bits per heavy atom. The lowest BCUT2D eigenvalue weighted by atomic mass is 9.88. The van der Waals surface area contributed by atoms with Crippen LogP contribution in [0.25, 0.3) is 22.3 Å². The number of benzene rings is 2. The van der Waals surface area contributed by atoms with E-state index in [-0.39, 0.29) is 41.6 Å². The number of methoxy groups -OCH3 is 1. The van der Waals surface area contributed by atoms with Crippen LogP contribution in [0.15, 0.2) is 77.9 Å². The van der Waals surface area contributed by atoms with Crippen LogP contribution < -0.4 is 26.2 Å². The van der Waals surface area contributed by atoms with Crippen LogP contribution in [0.2, 0.25) is 0 Å². The van der Waals surface area contributed by atoms with Gasteiger partial charge in [-0.2, -0.15) is 5.10 Å². The number of piperidine rings is 2. The quantitative estimate of drug-likeness (QED) is 0.113. The van der Waals surface area contributed by atoms with E-state index in [2.05, 4.69) is 54.4 Å². The Kier molecular flexibility index (Phi) is 13.1. The van der Waals surface area contributed by atoms with Crippen LogP contribution >= 0.6 is 0 Å². The highest BCUT2D eigenvalue weighted by atomic mass is 19.1. The minimum absolute atomic E-state index is 0.0113. The first-order valence-corrected chi connectivity index (χ1v) is 24.4. The van der Waals surface area contributed by atoms with E-state index >= 15 is 8.78 Å². The first-order valence-electron chi connectivity index (χ1n) is 24.4. The van der Waals surface area contributed by atoms with Crippen LogP contribution in [0, 0.1) is 18.6 Å². The van der Waals surface area contributed by atoms with Gasteiger partial charge in [-0.25, -0.2) is 13.8 Å². The highest BCUT2D eigenvalue weighted by Crippen LogP contribution is 2.38. The van der Waals surface area contributed by atoms with Crippen molar-refractivity contribution in [3.8, 4) is 11.4 Å². The number of anilines is 2. The molecule has 0 aliphatic carbocycles. The minimum atomic E-state index is -0.656. The molecule has 2 fully saturated rings. The summed E-state index contributed by atoms with van der Waals surface area (Å²) >= 11 is 0. The average Bonchev–Trinajstić information content (AvgIpc) is 3.94. The molecule has 2 saturated heterocycles. The van der Waals surface area contributed by atoms with Crippen molar-refractivity contribution >= 4 is 45.7 Å². The van der Waals surface area contributed by atoms with E-state index in [1.165, 1.54) is 19.2 Å². The first kappa shape index (κ1) is 47.5. The lowest BCUT2D eigenvalue weighted by Gasteiger charge is -2.32. The maximum atomic E-state index is 16.2. The third-order valence-electron chi connectivity index (χ3n) is 14.9. The number of rotatable bonds is 12. The zero-order valence-corrected chi connectivity index (χ0v) is 40.7. The van der Waals surface area contributed by atoms with Crippen molar-refractivity contribution in [1.29, 1.82) is 0 Å². The molecule has 10 rings (SSSR count). The van der Waals surface area contributed by atoms with E-state index in [1.54, 1.807) is 41.0 Å². The molecule has 0 radical (unpaired) electrons. The molecule has 3 amide bonds. The van der Waals surface area contributed by atoms with Gasteiger partial charge in [0.1, 0.15) is 29.1 Å². The number of amides is 3. The molecule has 4 aliphatic heterocycles. The van der Waals surface area contributed by atoms with Crippen molar-refractivity contribution in [3.05, 3.63) is 134 Å². The summed E-state index contributed by atoms with van der Waals surface area (Å²) in [6, 6.07) is 15.1. The van der Waals surface area contributed by atoms with Crippen molar-refractivity contribution in [2.45, 2.75) is 83.6 Å². The van der Waals surface area contributed by atoms with Crippen molar-refractivity contribution in [3.63, 3.8) is 0 Å². The molecule has 3 N–H and O–H groups in total. The van der Waals surface area contributed by atoms with Gasteiger partial charge in [0.2, 0.25) is 11.8 Å². The van der Waals surface area contributed by atoms with E-state index < -0.39 is 17.8 Å². The number of aromatic nitrogens is 5. The fourth-order valence-corrected chi connectivity index (χ4v) is 11.0. The number of nitrogens with zero attached hydrogens (tertiary/aromatic N) is 8. The van der Waals surface area contributed by atoms with Gasteiger partial charge in [0.05, 0.1) is 43.0 Å². The van der Waals surface area contributed by atoms with Gasteiger partial charge >= 0.3 is 0 Å². The number of halogens is 2. The summed E-state index contributed by atoms with van der Waals surface area (Å²) in [6.07, 6.45) is 8.24. The second kappa shape index (κ2) is 19.5. The van der Waals surface area contributed by atoms with Gasteiger partial charge in [-0.05, 0) is 118 Å². The molecule has 18 heteroatoms. The fourth-order valence-electron chi connectivity index (χ4n) is 11.0. The Morgan fingerprint density at radius 1 is 0.958 bits per heavy atom. The molecule has 2 aromatic carbocycles. The Morgan fingerprint density at radius 3 is 2.49 bits per heavy atom. The number of likely N-dealkylation sites (tertiary alicyclic amines) is 1. The lowest BCUT2D eigenvalue weighted by molar-refractivity contribution is -0.133. The first-order chi connectivity index (χ1) is 34.3. The predicted octanol–water partition coefficient (Wildman–Crippen LogP) is 6.66. The van der Waals surface area contributed by atoms with E-state index in [0.29, 0.717) is 80.2 Å². The third-order valence-corrected chi connectivity index (χ3v) is 14.9. The minimum Gasteiger partial charge on any atom is -0.495 e. The van der Waals surface area contributed by atoms with E-state index in [9.17, 15) is 19.2 Å². The fraction of sp³-hybridized carbons (Fsp3) is 0.396. The summed E-state index contributed by atoms with van der Waals surface area (Å²) in [7, 11) is 5.29. The van der Waals surface area contributed by atoms with Crippen LogP contribution in [-0.2, 0) is 36.3 Å². The Hall–Kier alpha value is -7.18. The molecule has 4 aromatic heterocycles. The number of aryl methyl sites for hydroxylation is 2. The van der Waals surface area contributed by atoms with Crippen molar-refractivity contribution in [2.75, 3.05) is 57.5 Å². The number of fused-ring (bicyclic) bond motifs is 2. The van der Waals surface area contributed by atoms with Crippen LogP contribution in [-0.4, -0.2) is 109 Å². The Balaban J connectivity index is 0.747. The average molecular weight is 968 g/mol. The number of ether oxygens (including phenoxy) is 1. The Bertz CT molecular complexity index is 3150. The highest BCUT2D eigenvalue weighted by molar-refractivity contribution is 6.01. The topological polar surface area (TPSA) is 164 Å². The largest absolute Gasteiger partial charge is 0.495 e. The standard InChI is InChI=1S/C53H59F2N11O5/c1-31-22-35(23-42(55)50(31)34-11-17-63(18-12-34)32(2)46-26-40-45(8-14-57-51(40)61(46)4)65-19-13-36(56-3)25-49(65)68)53(70)64-20-21-66-38(30-64)24-37(60-66)29-62-15-9-33(10-16-62)39-27-47(71-5)44(28-41(39)54)58-43-6-7-48(67)59-52(43)69/h8,11,13-14,19,22-28,32-33,43,56,58H,6-7,9-10,12,15-18,20-21,29-30H2,1-5H3,(H,59,67,69)/t32-,43?/m0/s1. The second-order valence-corrected chi connectivity index (χ2v) is 19.2. The molecule has 370 valence electrons. The number of pyridine rings is 2. The van der Waals surface area contributed by atoms with Crippen molar-refractivity contribution < 1.29 is 27.9 Å². The number of hydrogen-bond donors (Lipinski definition) is 3. The van der Waals surface area contributed by atoms with E-state index in [4.69, 9.17) is 9.84 Å². The van der Waals surface area contributed by atoms with Crippen LogP contribution in [0.4, 0.5) is 20.2 Å². The van der Waals surface area contributed by atoms with Gasteiger partial charge in [0.25, 0.3) is 11.5 Å². The number of nitrogens with one attached hydrogen (secondary N) is 3. The molecule has 4 aliphatic rings. The van der Waals surface area contributed by atoms with Gasteiger partial charge in [0, 0.05) is 105 Å². The zero-order valence-electron chi connectivity index (χ0n) is 40.7. The summed E-state index contributed by atoms with van der Waals surface area (Å²) in [4.78, 5) is 62.0. The van der Waals surface area contributed by atoms with Crippen LogP contribution in [0.3, 0.4) is 0 Å². The molecule has 0 spiro atoms. The lowest BCUT2D eigenvalue weighted by Crippen LogP contribution is -2.47. The summed E-state index contributed by atoms with van der Waals surface area (Å²) in [5, 5.41) is 14.1. The zero-order chi connectivity index (χ0) is 49.7. The molecule has 6 aromatic rings. The molecular formula is C53H59F2N11O5. The van der Waals surface area contributed by atoms with E-state index in [0.717, 1.165) is 76.6 Å². The molecular weight excluding hydrogens is 909 g/mol. The van der Waals surface area contributed by atoms with Gasteiger partial charge in [-0.15, -0.1) is 0 Å². The second-order valence-electron chi connectivity index (χ2n) is 19.2. The highest BCUT2D eigenvalue weighted by Gasteiger charge is 2.31. The third kappa shape index (κ3) is 9.33. The number of carbonyl (C=O) groups excluding carboxylic acids is 3. The van der Waals surface area contributed by atoms with Gasteiger partial charge in [-0.1, -0.05) is 6.08 Å². The smallest absolute Gasteiger partial charge is 0.257 e. The van der Waals surface area contributed by atoms with Gasteiger partial charge in [0.15, 0.2) is 0 Å².